The number of carbonyl (C=O) groups is 1. The fourth-order valence-electron chi connectivity index (χ4n) is 1.75. The average molecular weight is 336 g/mol. The summed E-state index contributed by atoms with van der Waals surface area (Å²) in [7, 11) is -3.03. The van der Waals surface area contributed by atoms with Crippen LogP contribution in [0.2, 0.25) is 6.04 Å². The number of carbonyl (C=O) groups excluding carboxylic acids is 1. The minimum absolute atomic E-state index is 0.0566. The molecule has 0 aliphatic heterocycles. The maximum Gasteiger partial charge on any atom is 0.501 e. The number of aliphatic hydroxyl groups excluding tert-OH is 2. The van der Waals surface area contributed by atoms with Gasteiger partial charge in [-0.05, 0) is 19.8 Å². The Morgan fingerprint density at radius 3 is 2.14 bits per heavy atom. The summed E-state index contributed by atoms with van der Waals surface area (Å²) < 4.78 is 22.0. The smallest absolute Gasteiger partial charge is 0.462 e. The molecule has 1 unspecified atom stereocenters. The lowest BCUT2D eigenvalue weighted by Crippen LogP contribution is -2.48. The summed E-state index contributed by atoms with van der Waals surface area (Å²) in [6.45, 7) is 9.28. The maximum atomic E-state index is 11.4. The van der Waals surface area contributed by atoms with Gasteiger partial charge in [0.05, 0.1) is 33.0 Å². The van der Waals surface area contributed by atoms with Crippen molar-refractivity contribution in [1.29, 1.82) is 0 Å². The number of esters is 1. The second-order valence-electron chi connectivity index (χ2n) is 4.95. The Morgan fingerprint density at radius 1 is 1.18 bits per heavy atom. The molecule has 0 saturated heterocycles. The third-order valence-electron chi connectivity index (χ3n) is 2.64. The summed E-state index contributed by atoms with van der Waals surface area (Å²) in [6.07, 6.45) is 0. The molecule has 0 amide bonds. The second kappa shape index (κ2) is 11.7. The Morgan fingerprint density at radius 2 is 1.73 bits per heavy atom. The zero-order valence-corrected chi connectivity index (χ0v) is 14.7. The molecule has 0 aromatic carbocycles. The highest BCUT2D eigenvalue weighted by molar-refractivity contribution is 6.60. The molecule has 130 valence electrons. The van der Waals surface area contributed by atoms with Gasteiger partial charge in [0.1, 0.15) is 0 Å². The van der Waals surface area contributed by atoms with Crippen molar-refractivity contribution in [3.05, 3.63) is 12.2 Å². The van der Waals surface area contributed by atoms with Gasteiger partial charge in [0, 0.05) is 18.2 Å². The normalized spacial score (nSPS) is 13.0. The van der Waals surface area contributed by atoms with Gasteiger partial charge < -0.3 is 28.2 Å². The van der Waals surface area contributed by atoms with Gasteiger partial charge in [-0.1, -0.05) is 13.5 Å². The first-order valence-electron chi connectivity index (χ1n) is 7.37. The molecule has 22 heavy (non-hydrogen) atoms. The van der Waals surface area contributed by atoms with Gasteiger partial charge in [-0.2, -0.15) is 0 Å². The number of aliphatic hydroxyl groups is 2. The van der Waals surface area contributed by atoms with Crippen molar-refractivity contribution in [2.75, 3.05) is 39.6 Å². The van der Waals surface area contributed by atoms with E-state index in [0.29, 0.717) is 18.2 Å². The van der Waals surface area contributed by atoms with Crippen molar-refractivity contribution in [2.24, 2.45) is 5.92 Å². The van der Waals surface area contributed by atoms with Crippen LogP contribution in [0.5, 0.6) is 0 Å². The Kier molecular flexibility index (Phi) is 11.3. The van der Waals surface area contributed by atoms with Crippen molar-refractivity contribution in [2.45, 2.75) is 26.8 Å². The molecule has 0 aromatic rings. The number of hydrogen-bond acceptors (Lipinski definition) is 7. The lowest BCUT2D eigenvalue weighted by atomic mass is 10.2. The van der Waals surface area contributed by atoms with Crippen LogP contribution >= 0.6 is 0 Å². The Bertz CT molecular complexity index is 327. The van der Waals surface area contributed by atoms with Crippen LogP contribution in [0.1, 0.15) is 20.8 Å². The number of ether oxygens (including phenoxy) is 1. The first-order chi connectivity index (χ1) is 10.4. The van der Waals surface area contributed by atoms with E-state index in [2.05, 4.69) is 6.58 Å². The van der Waals surface area contributed by atoms with Crippen LogP contribution < -0.4 is 0 Å². The third kappa shape index (κ3) is 8.62. The lowest BCUT2D eigenvalue weighted by Gasteiger charge is -2.31. The predicted octanol–water partition coefficient (Wildman–Crippen LogP) is 0.735. The minimum Gasteiger partial charge on any atom is -0.462 e. The third-order valence-corrected chi connectivity index (χ3v) is 5.85. The highest BCUT2D eigenvalue weighted by atomic mass is 28.4. The summed E-state index contributed by atoms with van der Waals surface area (Å²) in [4.78, 5) is 11.4. The molecule has 0 aliphatic carbocycles. The molecule has 0 bridgehead atoms. The highest BCUT2D eigenvalue weighted by Crippen LogP contribution is 2.22. The van der Waals surface area contributed by atoms with E-state index < -0.39 is 14.8 Å². The Balaban J connectivity index is 4.68. The zero-order chi connectivity index (χ0) is 17.0. The molecule has 0 radical (unpaired) electrons. The fraction of sp³-hybridized carbons (Fsp3) is 0.786. The fourth-order valence-corrected chi connectivity index (χ4v) is 4.57. The lowest BCUT2D eigenvalue weighted by molar-refractivity contribution is -0.140. The average Bonchev–Trinajstić information content (AvgIpc) is 2.48. The van der Waals surface area contributed by atoms with Crippen LogP contribution in [-0.2, 0) is 22.8 Å². The van der Waals surface area contributed by atoms with Crippen LogP contribution in [0.25, 0.3) is 0 Å². The van der Waals surface area contributed by atoms with E-state index >= 15 is 0 Å². The van der Waals surface area contributed by atoms with E-state index in [1.807, 2.05) is 13.8 Å². The zero-order valence-electron chi connectivity index (χ0n) is 13.7. The number of rotatable bonds is 13. The Hall–Kier alpha value is -0.773. The largest absolute Gasteiger partial charge is 0.501 e. The monoisotopic (exact) mass is 336 g/mol. The van der Waals surface area contributed by atoms with Crippen LogP contribution in [-0.4, -0.2) is 64.6 Å². The van der Waals surface area contributed by atoms with Crippen LogP contribution in [0, 0.1) is 5.92 Å². The topological polar surface area (TPSA) is 94.5 Å². The van der Waals surface area contributed by atoms with Gasteiger partial charge in [0.25, 0.3) is 0 Å². The van der Waals surface area contributed by atoms with Crippen LogP contribution in [0.15, 0.2) is 12.2 Å². The van der Waals surface area contributed by atoms with Crippen LogP contribution in [0.3, 0.4) is 0 Å². The van der Waals surface area contributed by atoms with Gasteiger partial charge in [-0.3, -0.25) is 0 Å². The summed E-state index contributed by atoms with van der Waals surface area (Å²) in [6, 6.07) is 0.421. The van der Waals surface area contributed by atoms with E-state index in [-0.39, 0.29) is 39.0 Å². The molecular formula is C14H28O7Si. The maximum absolute atomic E-state index is 11.4. The van der Waals surface area contributed by atoms with E-state index in [1.54, 1.807) is 6.92 Å². The molecule has 8 heteroatoms. The van der Waals surface area contributed by atoms with Crippen molar-refractivity contribution >= 4 is 14.8 Å². The van der Waals surface area contributed by atoms with Crippen molar-refractivity contribution in [3.63, 3.8) is 0 Å². The van der Waals surface area contributed by atoms with Crippen LogP contribution in [0.4, 0.5) is 0 Å². The second-order valence-corrected chi connectivity index (χ2v) is 7.59. The molecule has 0 fully saturated rings. The molecule has 0 rings (SSSR count). The quantitative estimate of drug-likeness (QED) is 0.291. The summed E-state index contributed by atoms with van der Waals surface area (Å²) in [5.41, 5.74) is 0.341. The highest BCUT2D eigenvalue weighted by Gasteiger charge is 2.42. The van der Waals surface area contributed by atoms with Crippen molar-refractivity contribution in [1.82, 2.24) is 0 Å². The van der Waals surface area contributed by atoms with E-state index in [4.69, 9.17) is 28.2 Å². The standard InChI is InChI=1S/C14H28O7Si/c1-5-19-22(20-8-6-15,21-9-7-16)11-13(4)10-18-14(17)12(2)3/h13,15-16H,2,5-11H2,1,3-4H3. The van der Waals surface area contributed by atoms with Gasteiger partial charge in [0.2, 0.25) is 0 Å². The molecular weight excluding hydrogens is 308 g/mol. The molecule has 0 spiro atoms. The molecule has 0 heterocycles. The van der Waals surface area contributed by atoms with E-state index in [1.165, 1.54) is 0 Å². The molecule has 2 N–H and O–H groups in total. The predicted molar refractivity (Wildman–Crippen MR) is 83.2 cm³/mol. The summed E-state index contributed by atoms with van der Waals surface area (Å²) in [5, 5.41) is 17.9. The Labute approximate surface area is 133 Å². The summed E-state index contributed by atoms with van der Waals surface area (Å²) in [5.74, 6) is -0.498. The van der Waals surface area contributed by atoms with Gasteiger partial charge in [-0.25, -0.2) is 4.79 Å². The van der Waals surface area contributed by atoms with E-state index in [0.717, 1.165) is 0 Å². The van der Waals surface area contributed by atoms with Crippen molar-refractivity contribution < 1.29 is 33.0 Å². The SMILES string of the molecule is C=C(C)C(=O)OCC(C)C[Si](OCC)(OCCO)OCCO. The van der Waals surface area contributed by atoms with Gasteiger partial charge >= 0.3 is 14.8 Å². The van der Waals surface area contributed by atoms with E-state index in [9.17, 15) is 4.79 Å². The first-order valence-corrected chi connectivity index (χ1v) is 9.30. The first kappa shape index (κ1) is 21.2. The molecule has 0 aromatic heterocycles. The molecule has 0 aliphatic rings. The molecule has 0 saturated carbocycles. The molecule has 1 atom stereocenters. The summed E-state index contributed by atoms with van der Waals surface area (Å²) >= 11 is 0. The van der Waals surface area contributed by atoms with Gasteiger partial charge in [0.15, 0.2) is 0 Å². The molecule has 7 nitrogen and oxygen atoms in total. The van der Waals surface area contributed by atoms with Gasteiger partial charge in [-0.15, -0.1) is 0 Å². The minimum atomic E-state index is -3.03. The number of hydrogen-bond donors (Lipinski definition) is 2. The van der Waals surface area contributed by atoms with Crippen molar-refractivity contribution in [3.8, 4) is 0 Å².